The Labute approximate surface area is 87.5 Å². The number of aliphatic carboxylic acids is 1. The number of ether oxygens (including phenoxy) is 1. The summed E-state index contributed by atoms with van der Waals surface area (Å²) < 4.78 is 10.8. The maximum Gasteiger partial charge on any atom is 0.332 e. The topological polar surface area (TPSA) is 72.0 Å². The summed E-state index contributed by atoms with van der Waals surface area (Å²) in [4.78, 5) is 14.4. The summed E-state index contributed by atoms with van der Waals surface area (Å²) in [5, 5.41) is 8.66. The lowest BCUT2D eigenvalue weighted by atomic mass is 10.3. The molecule has 1 aromatic heterocycles. The normalized spacial score (nSPS) is 20.4. The number of nitrogens with zero attached hydrogens (tertiary/aromatic N) is 1. The van der Waals surface area contributed by atoms with Crippen molar-refractivity contribution in [1.82, 2.24) is 0 Å². The third-order valence-electron chi connectivity index (χ3n) is 1.72. The number of hydrogen-bond donors (Lipinski definition) is 1. The van der Waals surface area contributed by atoms with Crippen LogP contribution in [-0.4, -0.2) is 29.6 Å². The lowest BCUT2D eigenvalue weighted by molar-refractivity contribution is -0.138. The molecule has 1 atom stereocenters. The summed E-state index contributed by atoms with van der Waals surface area (Å²) in [6.45, 7) is 0.0585. The van der Waals surface area contributed by atoms with Crippen molar-refractivity contribution in [2.75, 3.05) is 6.61 Å². The average Bonchev–Trinajstić information content (AvgIpc) is 2.70. The molecule has 0 aliphatic carbocycles. The van der Waals surface area contributed by atoms with Crippen molar-refractivity contribution < 1.29 is 19.1 Å². The summed E-state index contributed by atoms with van der Waals surface area (Å²) in [6, 6.07) is 2.52. The van der Waals surface area contributed by atoms with Gasteiger partial charge in [0.1, 0.15) is 6.61 Å². The van der Waals surface area contributed by atoms with Gasteiger partial charge in [-0.15, -0.1) is 0 Å². The van der Waals surface area contributed by atoms with Crippen LogP contribution in [-0.2, 0) is 9.53 Å². The second-order valence-corrected chi connectivity index (χ2v) is 3.48. The molecule has 74 valence electrons. The number of carboxylic acids is 1. The zero-order valence-corrected chi connectivity index (χ0v) is 8.52. The lowest BCUT2D eigenvalue weighted by Crippen LogP contribution is -2.18. The summed E-state index contributed by atoms with van der Waals surface area (Å²) >= 11 is 3.13. The van der Waals surface area contributed by atoms with Crippen LogP contribution >= 0.6 is 15.9 Å². The van der Waals surface area contributed by atoms with Gasteiger partial charge < -0.3 is 14.3 Å². The van der Waals surface area contributed by atoms with Gasteiger partial charge in [0.15, 0.2) is 16.5 Å². The molecule has 0 aromatic carbocycles. The van der Waals surface area contributed by atoms with E-state index in [0.29, 0.717) is 10.4 Å². The van der Waals surface area contributed by atoms with Crippen LogP contribution in [0.3, 0.4) is 0 Å². The fraction of sp³-hybridized carbons (Fsp3) is 0.250. The van der Waals surface area contributed by atoms with Gasteiger partial charge in [0.25, 0.3) is 5.90 Å². The Hall–Kier alpha value is -1.30. The smallest absolute Gasteiger partial charge is 0.332 e. The van der Waals surface area contributed by atoms with Gasteiger partial charge in [-0.2, -0.15) is 0 Å². The van der Waals surface area contributed by atoms with Crippen LogP contribution in [0.2, 0.25) is 0 Å². The summed E-state index contributed by atoms with van der Waals surface area (Å²) in [7, 11) is 0. The maximum absolute atomic E-state index is 10.6. The molecule has 0 saturated heterocycles. The fourth-order valence-electron chi connectivity index (χ4n) is 1.06. The molecule has 0 spiro atoms. The molecule has 0 saturated carbocycles. The zero-order chi connectivity index (χ0) is 10.1. The standard InChI is InChI=1S/C8H6BrNO4/c9-6-2-1-5(14-6)7-10-4(3-13-7)8(11)12/h1-2,4H,3H2,(H,11,12). The molecular formula is C8H6BrNO4. The van der Waals surface area contributed by atoms with Crippen molar-refractivity contribution in [3.8, 4) is 0 Å². The molecule has 0 amide bonds. The second-order valence-electron chi connectivity index (χ2n) is 2.70. The van der Waals surface area contributed by atoms with E-state index in [0.717, 1.165) is 0 Å². The highest BCUT2D eigenvalue weighted by Crippen LogP contribution is 2.18. The highest BCUT2D eigenvalue weighted by molar-refractivity contribution is 9.10. The van der Waals surface area contributed by atoms with Gasteiger partial charge >= 0.3 is 5.97 Å². The molecule has 0 radical (unpaired) electrons. The van der Waals surface area contributed by atoms with E-state index in [9.17, 15) is 4.79 Å². The molecule has 1 aliphatic rings. The SMILES string of the molecule is O=C(O)C1COC(c2ccc(Br)o2)=N1. The zero-order valence-electron chi connectivity index (χ0n) is 6.94. The van der Waals surface area contributed by atoms with Gasteiger partial charge in [-0.05, 0) is 28.1 Å². The fourth-order valence-corrected chi connectivity index (χ4v) is 1.37. The number of aliphatic imine (C=N–C) groups is 1. The summed E-state index contributed by atoms with van der Waals surface area (Å²) in [5.41, 5.74) is 0. The van der Waals surface area contributed by atoms with Crippen molar-refractivity contribution >= 4 is 27.8 Å². The van der Waals surface area contributed by atoms with E-state index >= 15 is 0 Å². The van der Waals surface area contributed by atoms with Gasteiger partial charge in [-0.1, -0.05) is 0 Å². The van der Waals surface area contributed by atoms with Crippen LogP contribution in [0.5, 0.6) is 0 Å². The van der Waals surface area contributed by atoms with Crippen molar-refractivity contribution in [2.24, 2.45) is 4.99 Å². The number of halogens is 1. The van der Waals surface area contributed by atoms with Crippen molar-refractivity contribution in [3.05, 3.63) is 22.6 Å². The first-order valence-corrected chi connectivity index (χ1v) is 4.65. The van der Waals surface area contributed by atoms with Crippen molar-refractivity contribution in [1.29, 1.82) is 0 Å². The van der Waals surface area contributed by atoms with Crippen LogP contribution in [0.4, 0.5) is 0 Å². The highest BCUT2D eigenvalue weighted by atomic mass is 79.9. The van der Waals surface area contributed by atoms with Crippen LogP contribution in [0, 0.1) is 0 Å². The van der Waals surface area contributed by atoms with Crippen molar-refractivity contribution in [3.63, 3.8) is 0 Å². The first-order chi connectivity index (χ1) is 6.66. The molecule has 0 bridgehead atoms. The summed E-state index contributed by atoms with van der Waals surface area (Å²) in [6.07, 6.45) is 0. The van der Waals surface area contributed by atoms with Crippen molar-refractivity contribution in [2.45, 2.75) is 6.04 Å². The Morgan fingerprint density at radius 2 is 2.43 bits per heavy atom. The van der Waals surface area contributed by atoms with E-state index < -0.39 is 12.0 Å². The Kier molecular flexibility index (Phi) is 2.28. The highest BCUT2D eigenvalue weighted by Gasteiger charge is 2.27. The minimum absolute atomic E-state index is 0.0585. The largest absolute Gasteiger partial charge is 0.480 e. The van der Waals surface area contributed by atoms with Gasteiger partial charge in [0.05, 0.1) is 0 Å². The Balaban J connectivity index is 2.21. The maximum atomic E-state index is 10.6. The Morgan fingerprint density at radius 1 is 1.64 bits per heavy atom. The number of furan rings is 1. The molecule has 6 heteroatoms. The average molecular weight is 260 g/mol. The van der Waals surface area contributed by atoms with Gasteiger partial charge in [-0.3, -0.25) is 0 Å². The Morgan fingerprint density at radius 3 is 2.93 bits per heavy atom. The van der Waals surface area contributed by atoms with E-state index in [4.69, 9.17) is 14.3 Å². The minimum Gasteiger partial charge on any atom is -0.480 e. The summed E-state index contributed by atoms with van der Waals surface area (Å²) in [5.74, 6) is -0.325. The number of carboxylic acid groups (broad SMARTS) is 1. The molecule has 1 aliphatic heterocycles. The van der Waals surface area contributed by atoms with E-state index in [-0.39, 0.29) is 12.5 Å². The first-order valence-electron chi connectivity index (χ1n) is 3.86. The third kappa shape index (κ3) is 1.65. The van der Waals surface area contributed by atoms with E-state index in [1.54, 1.807) is 12.1 Å². The second kappa shape index (κ2) is 3.45. The predicted octanol–water partition coefficient (Wildman–Crippen LogP) is 1.27. The van der Waals surface area contributed by atoms with Crippen LogP contribution in [0.25, 0.3) is 0 Å². The van der Waals surface area contributed by atoms with E-state index in [1.807, 2.05) is 0 Å². The minimum atomic E-state index is -0.995. The number of hydrogen-bond acceptors (Lipinski definition) is 4. The van der Waals surface area contributed by atoms with Gasteiger partial charge in [-0.25, -0.2) is 9.79 Å². The molecule has 1 N–H and O–H groups in total. The molecule has 5 nitrogen and oxygen atoms in total. The molecule has 2 rings (SSSR count). The molecule has 0 fully saturated rings. The molecule has 1 unspecified atom stereocenters. The van der Waals surface area contributed by atoms with E-state index in [2.05, 4.69) is 20.9 Å². The molecular weight excluding hydrogens is 254 g/mol. The Bertz CT molecular complexity index is 398. The number of carbonyl (C=O) groups is 1. The first kappa shape index (κ1) is 9.26. The van der Waals surface area contributed by atoms with Crippen LogP contribution < -0.4 is 0 Å². The predicted molar refractivity (Wildman–Crippen MR) is 50.3 cm³/mol. The molecule has 14 heavy (non-hydrogen) atoms. The number of rotatable bonds is 2. The molecule has 2 heterocycles. The monoisotopic (exact) mass is 259 g/mol. The van der Waals surface area contributed by atoms with Crippen LogP contribution in [0.15, 0.2) is 26.2 Å². The van der Waals surface area contributed by atoms with E-state index in [1.165, 1.54) is 0 Å². The van der Waals surface area contributed by atoms with Gasteiger partial charge in [0, 0.05) is 0 Å². The quantitative estimate of drug-likeness (QED) is 0.869. The third-order valence-corrected chi connectivity index (χ3v) is 2.15. The molecule has 1 aromatic rings. The van der Waals surface area contributed by atoms with Crippen LogP contribution in [0.1, 0.15) is 5.76 Å². The van der Waals surface area contributed by atoms with Gasteiger partial charge in [0.2, 0.25) is 0 Å². The lowest BCUT2D eigenvalue weighted by Gasteiger charge is -1.95.